The van der Waals surface area contributed by atoms with E-state index < -0.39 is 39.9 Å². The summed E-state index contributed by atoms with van der Waals surface area (Å²) in [5.41, 5.74) is -1.54. The number of nitrogens with zero attached hydrogens (tertiary/aromatic N) is 1. The smallest absolute Gasteiger partial charge is 0.327 e. The number of hydrogen-bond donors (Lipinski definition) is 2. The summed E-state index contributed by atoms with van der Waals surface area (Å²) in [4.78, 5) is 20.2. The molecule has 0 aromatic heterocycles. The van der Waals surface area contributed by atoms with Gasteiger partial charge in [-0.25, -0.2) is 13.6 Å². The van der Waals surface area contributed by atoms with E-state index in [1.807, 2.05) is 5.92 Å². The van der Waals surface area contributed by atoms with E-state index in [-0.39, 0.29) is 6.42 Å². The molecule has 0 amide bonds. The van der Waals surface area contributed by atoms with Gasteiger partial charge in [0.05, 0.1) is 17.1 Å². The molecule has 0 spiro atoms. The quantitative estimate of drug-likeness (QED) is 0.483. The molecule has 0 bridgehead atoms. The molecular formula is C11H8F2N2O4. The maximum absolute atomic E-state index is 13.5. The number of rotatable bonds is 5. The second kappa shape index (κ2) is 5.77. The van der Waals surface area contributed by atoms with Crippen molar-refractivity contribution in [1.82, 2.24) is 0 Å². The van der Waals surface area contributed by atoms with Gasteiger partial charge in [0, 0.05) is 6.42 Å². The summed E-state index contributed by atoms with van der Waals surface area (Å²) in [6.07, 6.45) is 4.63. The average molecular weight is 270 g/mol. The minimum absolute atomic E-state index is 0.300. The number of benzene rings is 1. The van der Waals surface area contributed by atoms with Crippen LogP contribution in [0.2, 0.25) is 0 Å². The summed E-state index contributed by atoms with van der Waals surface area (Å²) in [5.74, 6) is -1.89. The monoisotopic (exact) mass is 270 g/mol. The fourth-order valence-electron chi connectivity index (χ4n) is 1.30. The standard InChI is InChI=1S/C11H8F2N2O4/c1-2-3-9(11(16)17)14-10-7(12)4-6(15(18)19)5-8(10)13/h1,4-5,9,14H,3H2,(H,16,17). The largest absolute Gasteiger partial charge is 0.480 e. The van der Waals surface area contributed by atoms with Gasteiger partial charge in [-0.15, -0.1) is 12.3 Å². The Morgan fingerprint density at radius 3 is 2.42 bits per heavy atom. The zero-order valence-corrected chi connectivity index (χ0v) is 9.39. The number of halogens is 2. The lowest BCUT2D eigenvalue weighted by molar-refractivity contribution is -0.385. The van der Waals surface area contributed by atoms with Crippen LogP contribution in [0.4, 0.5) is 20.2 Å². The average Bonchev–Trinajstić information content (AvgIpc) is 2.31. The number of nitrogens with one attached hydrogen (secondary N) is 1. The number of aliphatic carboxylic acids is 1. The van der Waals surface area contributed by atoms with Gasteiger partial charge in [-0.05, 0) is 0 Å². The fourth-order valence-corrected chi connectivity index (χ4v) is 1.30. The molecule has 1 aromatic rings. The molecule has 0 heterocycles. The SMILES string of the molecule is C#CCC(Nc1c(F)cc([N+](=O)[O-])cc1F)C(=O)O. The number of carboxylic acids is 1. The molecule has 1 atom stereocenters. The third-order valence-electron chi connectivity index (χ3n) is 2.18. The van der Waals surface area contributed by atoms with Crippen LogP contribution in [0.5, 0.6) is 0 Å². The van der Waals surface area contributed by atoms with Gasteiger partial charge >= 0.3 is 5.97 Å². The Hall–Kier alpha value is -2.69. The predicted octanol–water partition coefficient (Wildman–Crippen LogP) is 1.76. The molecule has 19 heavy (non-hydrogen) atoms. The van der Waals surface area contributed by atoms with E-state index in [1.165, 1.54) is 0 Å². The molecule has 1 unspecified atom stereocenters. The molecule has 0 aliphatic carbocycles. The number of nitro benzene ring substituents is 1. The summed E-state index contributed by atoms with van der Waals surface area (Å²) < 4.78 is 27.0. The molecule has 0 fully saturated rings. The van der Waals surface area contributed by atoms with E-state index in [0.29, 0.717) is 12.1 Å². The van der Waals surface area contributed by atoms with Gasteiger partial charge in [0.2, 0.25) is 0 Å². The van der Waals surface area contributed by atoms with Crippen molar-refractivity contribution in [3.05, 3.63) is 33.9 Å². The molecule has 0 saturated carbocycles. The Balaban J connectivity index is 3.11. The minimum atomic E-state index is -1.39. The highest BCUT2D eigenvalue weighted by atomic mass is 19.1. The molecule has 0 radical (unpaired) electrons. The van der Waals surface area contributed by atoms with Crippen molar-refractivity contribution in [3.63, 3.8) is 0 Å². The van der Waals surface area contributed by atoms with E-state index in [0.717, 1.165) is 0 Å². The van der Waals surface area contributed by atoms with E-state index in [4.69, 9.17) is 11.5 Å². The number of carbonyl (C=O) groups is 1. The van der Waals surface area contributed by atoms with Gasteiger partial charge in [0.1, 0.15) is 11.7 Å². The van der Waals surface area contributed by atoms with Gasteiger partial charge < -0.3 is 10.4 Å². The molecule has 0 saturated heterocycles. The van der Waals surface area contributed by atoms with Crippen LogP contribution < -0.4 is 5.32 Å². The van der Waals surface area contributed by atoms with Crippen molar-refractivity contribution in [3.8, 4) is 12.3 Å². The highest BCUT2D eigenvalue weighted by Gasteiger charge is 2.22. The molecular weight excluding hydrogens is 262 g/mol. The summed E-state index contributed by atoms with van der Waals surface area (Å²) in [7, 11) is 0. The third kappa shape index (κ3) is 3.38. The molecule has 0 aliphatic rings. The summed E-state index contributed by atoms with van der Waals surface area (Å²) in [5, 5.41) is 21.2. The first kappa shape index (κ1) is 14.4. The maximum Gasteiger partial charge on any atom is 0.327 e. The van der Waals surface area contributed by atoms with Crippen LogP contribution in [-0.2, 0) is 4.79 Å². The maximum atomic E-state index is 13.5. The summed E-state index contributed by atoms with van der Waals surface area (Å²) in [6.45, 7) is 0. The highest BCUT2D eigenvalue weighted by Crippen LogP contribution is 2.25. The number of terminal acetylenes is 1. The minimum Gasteiger partial charge on any atom is -0.480 e. The molecule has 100 valence electrons. The zero-order chi connectivity index (χ0) is 14.6. The lowest BCUT2D eigenvalue weighted by Gasteiger charge is -2.14. The van der Waals surface area contributed by atoms with Gasteiger partial charge in [-0.2, -0.15) is 0 Å². The van der Waals surface area contributed by atoms with Crippen LogP contribution in [-0.4, -0.2) is 22.0 Å². The van der Waals surface area contributed by atoms with Crippen LogP contribution in [0.25, 0.3) is 0 Å². The number of carboxylic acid groups (broad SMARTS) is 1. The zero-order valence-electron chi connectivity index (χ0n) is 9.39. The van der Waals surface area contributed by atoms with E-state index in [9.17, 15) is 23.7 Å². The molecule has 2 N–H and O–H groups in total. The van der Waals surface area contributed by atoms with Crippen LogP contribution in [0.1, 0.15) is 6.42 Å². The van der Waals surface area contributed by atoms with Crippen molar-refractivity contribution >= 4 is 17.3 Å². The summed E-state index contributed by atoms with van der Waals surface area (Å²) in [6, 6.07) is -0.420. The Kier molecular flexibility index (Phi) is 4.36. The molecule has 8 heteroatoms. The van der Waals surface area contributed by atoms with Crippen molar-refractivity contribution in [2.75, 3.05) is 5.32 Å². The van der Waals surface area contributed by atoms with Crippen LogP contribution >= 0.6 is 0 Å². The Morgan fingerprint density at radius 2 is 2.05 bits per heavy atom. The third-order valence-corrected chi connectivity index (χ3v) is 2.18. The Bertz CT molecular complexity index is 545. The number of anilines is 1. The van der Waals surface area contributed by atoms with Crippen molar-refractivity contribution < 1.29 is 23.6 Å². The summed E-state index contributed by atoms with van der Waals surface area (Å²) >= 11 is 0. The lowest BCUT2D eigenvalue weighted by Crippen LogP contribution is -2.29. The second-order valence-corrected chi connectivity index (χ2v) is 3.48. The first-order valence-electron chi connectivity index (χ1n) is 4.93. The number of non-ortho nitro benzene ring substituents is 1. The predicted molar refractivity (Wildman–Crippen MR) is 61.5 cm³/mol. The molecule has 0 aliphatic heterocycles. The first-order chi connectivity index (χ1) is 8.86. The first-order valence-corrected chi connectivity index (χ1v) is 4.93. The van der Waals surface area contributed by atoms with Gasteiger partial charge in [0.25, 0.3) is 5.69 Å². The van der Waals surface area contributed by atoms with Crippen molar-refractivity contribution in [2.24, 2.45) is 0 Å². The van der Waals surface area contributed by atoms with Crippen LogP contribution in [0.3, 0.4) is 0 Å². The second-order valence-electron chi connectivity index (χ2n) is 3.48. The van der Waals surface area contributed by atoms with E-state index >= 15 is 0 Å². The van der Waals surface area contributed by atoms with Gasteiger partial charge in [0.15, 0.2) is 11.6 Å². The fraction of sp³-hybridized carbons (Fsp3) is 0.182. The van der Waals surface area contributed by atoms with Crippen molar-refractivity contribution in [2.45, 2.75) is 12.5 Å². The van der Waals surface area contributed by atoms with Crippen molar-refractivity contribution in [1.29, 1.82) is 0 Å². The van der Waals surface area contributed by atoms with E-state index in [2.05, 4.69) is 5.32 Å². The molecule has 1 aromatic carbocycles. The lowest BCUT2D eigenvalue weighted by atomic mass is 10.2. The van der Waals surface area contributed by atoms with Crippen LogP contribution in [0, 0.1) is 34.1 Å². The van der Waals surface area contributed by atoms with E-state index in [1.54, 1.807) is 0 Å². The topological polar surface area (TPSA) is 92.5 Å². The number of nitro groups is 1. The highest BCUT2D eigenvalue weighted by molar-refractivity contribution is 5.78. The normalized spacial score (nSPS) is 11.4. The number of hydrogen-bond acceptors (Lipinski definition) is 4. The van der Waals surface area contributed by atoms with Gasteiger partial charge in [-0.1, -0.05) is 0 Å². The molecule has 6 nitrogen and oxygen atoms in total. The van der Waals surface area contributed by atoms with Gasteiger partial charge in [-0.3, -0.25) is 10.1 Å². The Morgan fingerprint density at radius 1 is 1.53 bits per heavy atom. The van der Waals surface area contributed by atoms with Crippen LogP contribution in [0.15, 0.2) is 12.1 Å². The molecule has 1 rings (SSSR count). The Labute approximate surface area is 106 Å².